The lowest BCUT2D eigenvalue weighted by atomic mass is 9.95. The molecular formula is C40H58N4O8. The molecule has 52 heavy (non-hydrogen) atoms. The number of nitrogens with zero attached hydrogens (tertiary/aromatic N) is 1. The predicted octanol–water partition coefficient (Wildman–Crippen LogP) is 5.38. The normalized spacial score (nSPS) is 15.8. The third-order valence-corrected chi connectivity index (χ3v) is 8.42. The van der Waals surface area contributed by atoms with E-state index < -0.39 is 47.0 Å². The summed E-state index contributed by atoms with van der Waals surface area (Å²) < 4.78 is 17.0. The van der Waals surface area contributed by atoms with Gasteiger partial charge in [0.2, 0.25) is 17.7 Å². The highest BCUT2D eigenvalue weighted by molar-refractivity contribution is 5.94. The molecule has 2 aromatic carbocycles. The second-order valence-corrected chi connectivity index (χ2v) is 15.5. The molecule has 3 atom stereocenters. The van der Waals surface area contributed by atoms with Gasteiger partial charge < -0.3 is 35.1 Å². The molecule has 0 aliphatic carbocycles. The Bertz CT molecular complexity index is 1520. The monoisotopic (exact) mass is 722 g/mol. The van der Waals surface area contributed by atoms with Crippen molar-refractivity contribution >= 4 is 29.8 Å². The number of hydrogen-bond donors (Lipinski definition) is 3. The van der Waals surface area contributed by atoms with E-state index in [2.05, 4.69) is 16.0 Å². The lowest BCUT2D eigenvalue weighted by Gasteiger charge is -2.34. The van der Waals surface area contributed by atoms with Crippen molar-refractivity contribution in [1.29, 1.82) is 0 Å². The van der Waals surface area contributed by atoms with Gasteiger partial charge in [0, 0.05) is 26.6 Å². The van der Waals surface area contributed by atoms with Crippen LogP contribution in [0.3, 0.4) is 0 Å². The number of rotatable bonds is 15. The van der Waals surface area contributed by atoms with Gasteiger partial charge in [0.1, 0.15) is 29.0 Å². The summed E-state index contributed by atoms with van der Waals surface area (Å²) in [4.78, 5) is 66.0. The Hall–Kier alpha value is -4.61. The lowest BCUT2D eigenvalue weighted by Crippen LogP contribution is -2.54. The van der Waals surface area contributed by atoms with Gasteiger partial charge in [-0.1, -0.05) is 36.4 Å². The zero-order valence-electron chi connectivity index (χ0n) is 32.1. The van der Waals surface area contributed by atoms with Gasteiger partial charge in [0.05, 0.1) is 13.0 Å². The summed E-state index contributed by atoms with van der Waals surface area (Å²) >= 11 is 0. The maximum absolute atomic E-state index is 13.6. The van der Waals surface area contributed by atoms with Gasteiger partial charge in [-0.05, 0) is 115 Å². The summed E-state index contributed by atoms with van der Waals surface area (Å²) in [6.07, 6.45) is 2.86. The van der Waals surface area contributed by atoms with Crippen LogP contribution in [0.5, 0.6) is 5.75 Å². The van der Waals surface area contributed by atoms with Crippen LogP contribution >= 0.6 is 0 Å². The van der Waals surface area contributed by atoms with Crippen molar-refractivity contribution in [3.05, 3.63) is 65.2 Å². The van der Waals surface area contributed by atoms with Gasteiger partial charge >= 0.3 is 12.1 Å². The molecule has 1 saturated heterocycles. The summed E-state index contributed by atoms with van der Waals surface area (Å²) in [7, 11) is 0. The molecule has 286 valence electrons. The van der Waals surface area contributed by atoms with Crippen LogP contribution < -0.4 is 20.7 Å². The quantitative estimate of drug-likeness (QED) is 0.207. The van der Waals surface area contributed by atoms with E-state index in [-0.39, 0.29) is 25.5 Å². The van der Waals surface area contributed by atoms with Crippen LogP contribution in [0.25, 0.3) is 0 Å². The molecule has 2 unspecified atom stereocenters. The van der Waals surface area contributed by atoms with Gasteiger partial charge in [0.15, 0.2) is 0 Å². The molecule has 0 aromatic heterocycles. The molecule has 0 spiro atoms. The van der Waals surface area contributed by atoms with E-state index in [0.29, 0.717) is 37.8 Å². The minimum absolute atomic E-state index is 0.195. The first kappa shape index (κ1) is 41.8. The number of aryl methyl sites for hydroxylation is 2. The topological polar surface area (TPSA) is 152 Å². The van der Waals surface area contributed by atoms with Gasteiger partial charge in [-0.2, -0.15) is 0 Å². The standard InChI is InChI=1S/C40H58N4O8/c1-27-16-18-32(50-22-20-30-15-12-21-44(26-30)38(49)52-40(6,7)8)23-31(27)25-41-36(47)33(19-17-29-13-10-9-11-14-29)43-37(48)34(42-28(2)45)24-35(46)51-39(3,4)5/h9-11,13-14,16,18,23,30,33-34H,12,15,17,19-22,24-26H2,1-8H3,(H,41,47)(H,42,45)(H,43,48)/t30?,33?,34-/m0/s1. The largest absolute Gasteiger partial charge is 0.494 e. The van der Waals surface area contributed by atoms with Crippen molar-refractivity contribution in [2.24, 2.45) is 5.92 Å². The maximum atomic E-state index is 13.6. The first-order chi connectivity index (χ1) is 24.4. The zero-order valence-corrected chi connectivity index (χ0v) is 32.1. The second kappa shape index (κ2) is 19.3. The number of carbonyl (C=O) groups is 5. The van der Waals surface area contributed by atoms with Gasteiger partial charge in [-0.3, -0.25) is 19.2 Å². The maximum Gasteiger partial charge on any atom is 0.410 e. The molecule has 1 fully saturated rings. The molecule has 0 radical (unpaired) electrons. The van der Waals surface area contributed by atoms with E-state index in [9.17, 15) is 24.0 Å². The Morgan fingerprint density at radius 3 is 2.23 bits per heavy atom. The summed E-state index contributed by atoms with van der Waals surface area (Å²) in [5, 5.41) is 8.25. The average Bonchev–Trinajstić information content (AvgIpc) is 3.05. The minimum atomic E-state index is -1.22. The molecule has 1 heterocycles. The predicted molar refractivity (Wildman–Crippen MR) is 198 cm³/mol. The van der Waals surface area contributed by atoms with Crippen LogP contribution in [0.2, 0.25) is 0 Å². The molecular weight excluding hydrogens is 664 g/mol. The van der Waals surface area contributed by atoms with Crippen LogP contribution in [-0.4, -0.2) is 77.7 Å². The fraction of sp³-hybridized carbons (Fsp3) is 0.575. The van der Waals surface area contributed by atoms with E-state index in [1.54, 1.807) is 25.7 Å². The lowest BCUT2D eigenvalue weighted by molar-refractivity contribution is -0.156. The average molecular weight is 723 g/mol. The number of likely N-dealkylation sites (tertiary alicyclic amines) is 1. The fourth-order valence-corrected chi connectivity index (χ4v) is 5.87. The third-order valence-electron chi connectivity index (χ3n) is 8.42. The second-order valence-electron chi connectivity index (χ2n) is 15.5. The van der Waals surface area contributed by atoms with Crippen molar-refractivity contribution in [2.45, 2.75) is 124 Å². The SMILES string of the molecule is CC(=O)N[C@@H](CC(=O)OC(C)(C)C)C(=O)NC(CCc1ccccc1)C(=O)NCc1cc(OCCC2CCCN(C(=O)OC(C)(C)C)C2)ccc1C. The number of nitrogens with one attached hydrogen (secondary N) is 3. The van der Waals surface area contributed by atoms with Gasteiger partial charge in [-0.25, -0.2) is 4.79 Å². The summed E-state index contributed by atoms with van der Waals surface area (Å²) in [5.41, 5.74) is 1.50. The van der Waals surface area contributed by atoms with Crippen LogP contribution in [-0.2, 0) is 41.6 Å². The summed E-state index contributed by atoms with van der Waals surface area (Å²) in [5.74, 6) is -1.22. The molecule has 3 N–H and O–H groups in total. The molecule has 12 heteroatoms. The Labute approximate surface area is 308 Å². The fourth-order valence-electron chi connectivity index (χ4n) is 5.87. The van der Waals surface area contributed by atoms with E-state index in [0.717, 1.165) is 36.0 Å². The first-order valence-corrected chi connectivity index (χ1v) is 18.2. The highest BCUT2D eigenvalue weighted by Crippen LogP contribution is 2.23. The Morgan fingerprint density at radius 1 is 0.885 bits per heavy atom. The zero-order chi connectivity index (χ0) is 38.5. The molecule has 0 bridgehead atoms. The number of piperidine rings is 1. The van der Waals surface area contributed by atoms with Crippen molar-refractivity contribution in [3.63, 3.8) is 0 Å². The number of ether oxygens (including phenoxy) is 3. The van der Waals surface area contributed by atoms with Crippen LogP contribution in [0.4, 0.5) is 4.79 Å². The van der Waals surface area contributed by atoms with E-state index >= 15 is 0 Å². The van der Waals surface area contributed by atoms with Crippen LogP contribution in [0.15, 0.2) is 48.5 Å². The van der Waals surface area contributed by atoms with Crippen molar-refractivity contribution in [2.75, 3.05) is 19.7 Å². The van der Waals surface area contributed by atoms with Gasteiger partial charge in [0.25, 0.3) is 0 Å². The highest BCUT2D eigenvalue weighted by atomic mass is 16.6. The first-order valence-electron chi connectivity index (χ1n) is 18.2. The van der Waals surface area contributed by atoms with Crippen LogP contribution in [0, 0.1) is 12.8 Å². The molecule has 1 aliphatic rings. The Balaban J connectivity index is 1.63. The molecule has 3 rings (SSSR count). The Kier molecular flexibility index (Phi) is 15.5. The van der Waals surface area contributed by atoms with Crippen molar-refractivity contribution in [3.8, 4) is 5.75 Å². The number of esters is 1. The number of hydrogen-bond acceptors (Lipinski definition) is 8. The third kappa shape index (κ3) is 15.3. The molecule has 12 nitrogen and oxygen atoms in total. The summed E-state index contributed by atoms with van der Waals surface area (Å²) in [6, 6.07) is 13.2. The van der Waals surface area contributed by atoms with Gasteiger partial charge in [-0.15, -0.1) is 0 Å². The highest BCUT2D eigenvalue weighted by Gasteiger charge is 2.30. The van der Waals surface area contributed by atoms with Crippen molar-refractivity contribution < 1.29 is 38.2 Å². The minimum Gasteiger partial charge on any atom is -0.494 e. The molecule has 2 aromatic rings. The molecule has 4 amide bonds. The van der Waals surface area contributed by atoms with E-state index in [1.165, 1.54) is 6.92 Å². The number of carbonyl (C=O) groups excluding carboxylic acids is 5. The Morgan fingerprint density at radius 2 is 1.58 bits per heavy atom. The van der Waals surface area contributed by atoms with Crippen LogP contribution in [0.1, 0.15) is 97.3 Å². The summed E-state index contributed by atoms with van der Waals surface area (Å²) in [6.45, 7) is 15.9. The van der Waals surface area contributed by atoms with E-state index in [1.807, 2.05) is 76.2 Å². The molecule has 0 saturated carbocycles. The number of amides is 4. The number of benzene rings is 2. The molecule has 1 aliphatic heterocycles. The van der Waals surface area contributed by atoms with Crippen molar-refractivity contribution in [1.82, 2.24) is 20.9 Å². The smallest absolute Gasteiger partial charge is 0.410 e. The van der Waals surface area contributed by atoms with E-state index in [4.69, 9.17) is 14.2 Å².